The molecule has 35 heavy (non-hydrogen) atoms. The third-order valence-electron chi connectivity index (χ3n) is 5.89. The lowest BCUT2D eigenvalue weighted by Crippen LogP contribution is -2.47. The van der Waals surface area contributed by atoms with Crippen LogP contribution in [0.15, 0.2) is 59.1 Å². The first kappa shape index (κ1) is 26.3. The van der Waals surface area contributed by atoms with E-state index in [0.29, 0.717) is 25.4 Å². The van der Waals surface area contributed by atoms with Gasteiger partial charge >= 0.3 is 0 Å². The maximum Gasteiger partial charge on any atom is 0.263 e. The van der Waals surface area contributed by atoms with E-state index in [1.54, 1.807) is 24.3 Å². The van der Waals surface area contributed by atoms with Gasteiger partial charge in [-0.1, -0.05) is 35.4 Å². The van der Waals surface area contributed by atoms with E-state index in [2.05, 4.69) is 5.32 Å². The van der Waals surface area contributed by atoms with Crippen molar-refractivity contribution in [3.8, 4) is 11.8 Å². The molecular formula is C26H32N4O4S. The number of piperazine rings is 1. The van der Waals surface area contributed by atoms with Crippen LogP contribution in [0.2, 0.25) is 0 Å². The zero-order valence-electron chi connectivity index (χ0n) is 20.6. The number of nitriles is 1. The summed E-state index contributed by atoms with van der Waals surface area (Å²) in [4.78, 5) is 14.9. The Kier molecular flexibility index (Phi) is 8.54. The Labute approximate surface area is 207 Å². The number of hydrogen-bond acceptors (Lipinski definition) is 6. The maximum absolute atomic E-state index is 12.9. The summed E-state index contributed by atoms with van der Waals surface area (Å²) in [7, 11) is -3.58. The molecule has 1 fully saturated rings. The van der Waals surface area contributed by atoms with Gasteiger partial charge in [0.05, 0.1) is 17.5 Å². The highest BCUT2D eigenvalue weighted by molar-refractivity contribution is 7.89. The molecule has 2 aromatic carbocycles. The van der Waals surface area contributed by atoms with Crippen molar-refractivity contribution < 1.29 is 17.9 Å². The molecule has 1 heterocycles. The standard InChI is InChI=1S/C26H32N4O4S/c1-5-34-25-11-8-20(3)16-24(25)21(4)28-26(31)22(17-27)18-29-12-14-30(15-13-29)35(32,33)23-9-6-19(2)7-10-23/h6-11,16,18,21H,5,12-15H2,1-4H3,(H,28,31)/b22-18-. The molecule has 8 nitrogen and oxygen atoms in total. The number of hydrogen-bond donors (Lipinski definition) is 1. The molecule has 2 aromatic rings. The number of amides is 1. The largest absolute Gasteiger partial charge is 0.494 e. The number of rotatable bonds is 8. The number of carbonyl (C=O) groups is 1. The van der Waals surface area contributed by atoms with Crippen LogP contribution in [-0.4, -0.2) is 56.3 Å². The number of nitrogens with one attached hydrogen (secondary N) is 1. The van der Waals surface area contributed by atoms with E-state index in [1.807, 2.05) is 56.9 Å². The summed E-state index contributed by atoms with van der Waals surface area (Å²) in [5, 5.41) is 12.5. The summed E-state index contributed by atoms with van der Waals surface area (Å²) in [6, 6.07) is 14.2. The van der Waals surface area contributed by atoms with Crippen LogP contribution in [-0.2, 0) is 14.8 Å². The minimum absolute atomic E-state index is 0.0303. The average Bonchev–Trinajstić information content (AvgIpc) is 2.84. The molecular weight excluding hydrogens is 464 g/mol. The number of sulfonamides is 1. The Balaban J connectivity index is 1.65. The molecule has 1 saturated heterocycles. The molecule has 0 spiro atoms. The summed E-state index contributed by atoms with van der Waals surface area (Å²) in [5.74, 6) is 0.206. The molecule has 0 aliphatic carbocycles. The molecule has 1 aliphatic rings. The summed E-state index contributed by atoms with van der Waals surface area (Å²) < 4.78 is 32.9. The zero-order chi connectivity index (χ0) is 25.6. The van der Waals surface area contributed by atoms with Crippen LogP contribution in [0.4, 0.5) is 0 Å². The van der Waals surface area contributed by atoms with Crippen molar-refractivity contribution in [1.29, 1.82) is 5.26 Å². The van der Waals surface area contributed by atoms with Crippen molar-refractivity contribution in [2.24, 2.45) is 0 Å². The Hall–Kier alpha value is -3.35. The van der Waals surface area contributed by atoms with Crippen LogP contribution in [0.1, 0.15) is 36.6 Å². The lowest BCUT2D eigenvalue weighted by molar-refractivity contribution is -0.117. The van der Waals surface area contributed by atoms with E-state index in [-0.39, 0.29) is 29.6 Å². The first-order valence-corrected chi connectivity index (χ1v) is 13.1. The topological polar surface area (TPSA) is 103 Å². The molecule has 186 valence electrons. The van der Waals surface area contributed by atoms with E-state index in [4.69, 9.17) is 4.74 Å². The minimum Gasteiger partial charge on any atom is -0.494 e. The van der Waals surface area contributed by atoms with Crippen LogP contribution >= 0.6 is 0 Å². The third kappa shape index (κ3) is 6.41. The Morgan fingerprint density at radius 2 is 1.74 bits per heavy atom. The first-order valence-electron chi connectivity index (χ1n) is 11.6. The molecule has 0 radical (unpaired) electrons. The fourth-order valence-electron chi connectivity index (χ4n) is 3.90. The quantitative estimate of drug-likeness (QED) is 0.444. The van der Waals surface area contributed by atoms with E-state index < -0.39 is 15.9 Å². The van der Waals surface area contributed by atoms with Crippen molar-refractivity contribution >= 4 is 15.9 Å². The lowest BCUT2D eigenvalue weighted by Gasteiger charge is -2.33. The van der Waals surface area contributed by atoms with Crippen molar-refractivity contribution in [2.75, 3.05) is 32.8 Å². The molecule has 1 amide bonds. The second-order valence-electron chi connectivity index (χ2n) is 8.58. The van der Waals surface area contributed by atoms with Gasteiger partial charge in [-0.05, 0) is 45.9 Å². The second-order valence-corrected chi connectivity index (χ2v) is 10.5. The minimum atomic E-state index is -3.58. The Morgan fingerprint density at radius 3 is 2.34 bits per heavy atom. The highest BCUT2D eigenvalue weighted by Gasteiger charge is 2.28. The predicted molar refractivity (Wildman–Crippen MR) is 134 cm³/mol. The molecule has 3 rings (SSSR count). The van der Waals surface area contributed by atoms with Gasteiger partial charge in [-0.2, -0.15) is 9.57 Å². The van der Waals surface area contributed by atoms with Gasteiger partial charge in [0.25, 0.3) is 5.91 Å². The van der Waals surface area contributed by atoms with Gasteiger partial charge in [-0.25, -0.2) is 8.42 Å². The fourth-order valence-corrected chi connectivity index (χ4v) is 5.32. The van der Waals surface area contributed by atoms with Crippen molar-refractivity contribution in [3.05, 3.63) is 70.9 Å². The van der Waals surface area contributed by atoms with Crippen LogP contribution in [0, 0.1) is 25.2 Å². The van der Waals surface area contributed by atoms with E-state index in [9.17, 15) is 18.5 Å². The highest BCUT2D eigenvalue weighted by Crippen LogP contribution is 2.27. The first-order chi connectivity index (χ1) is 16.6. The summed E-state index contributed by atoms with van der Waals surface area (Å²) in [6.07, 6.45) is 1.51. The number of carbonyl (C=O) groups excluding carboxylic acids is 1. The number of nitrogens with zero attached hydrogens (tertiary/aromatic N) is 3. The highest BCUT2D eigenvalue weighted by atomic mass is 32.2. The molecule has 0 aromatic heterocycles. The van der Waals surface area contributed by atoms with Gasteiger partial charge in [0.1, 0.15) is 17.4 Å². The molecule has 1 N–H and O–H groups in total. The van der Waals surface area contributed by atoms with E-state index in [1.165, 1.54) is 10.5 Å². The fraction of sp³-hybridized carbons (Fsp3) is 0.385. The molecule has 0 saturated carbocycles. The van der Waals surface area contributed by atoms with E-state index in [0.717, 1.165) is 16.7 Å². The Morgan fingerprint density at radius 1 is 1.11 bits per heavy atom. The van der Waals surface area contributed by atoms with Gasteiger partial charge in [-0.15, -0.1) is 0 Å². The van der Waals surface area contributed by atoms with Gasteiger partial charge in [0.15, 0.2) is 0 Å². The van der Waals surface area contributed by atoms with Crippen LogP contribution in [0.3, 0.4) is 0 Å². The van der Waals surface area contributed by atoms with E-state index >= 15 is 0 Å². The normalized spacial score (nSPS) is 15.9. The monoisotopic (exact) mass is 496 g/mol. The lowest BCUT2D eigenvalue weighted by atomic mass is 10.0. The predicted octanol–water partition coefficient (Wildman–Crippen LogP) is 3.29. The molecule has 9 heteroatoms. The third-order valence-corrected chi connectivity index (χ3v) is 7.80. The Bertz CT molecular complexity index is 1220. The van der Waals surface area contributed by atoms with Gasteiger partial charge in [-0.3, -0.25) is 4.79 Å². The average molecular weight is 497 g/mol. The summed E-state index contributed by atoms with van der Waals surface area (Å²) in [5.41, 5.74) is 2.84. The maximum atomic E-state index is 12.9. The summed E-state index contributed by atoms with van der Waals surface area (Å²) >= 11 is 0. The number of benzene rings is 2. The SMILES string of the molecule is CCOc1ccc(C)cc1C(C)NC(=O)/C(C#N)=C\N1CCN(S(=O)(=O)c2ccc(C)cc2)CC1. The molecule has 1 atom stereocenters. The van der Waals surface area contributed by atoms with Crippen molar-refractivity contribution in [1.82, 2.24) is 14.5 Å². The van der Waals surface area contributed by atoms with Crippen molar-refractivity contribution in [2.45, 2.75) is 38.6 Å². The number of aryl methyl sites for hydroxylation is 2. The van der Waals surface area contributed by atoms with Crippen LogP contribution < -0.4 is 10.1 Å². The van der Waals surface area contributed by atoms with Crippen LogP contribution in [0.5, 0.6) is 5.75 Å². The molecule has 1 unspecified atom stereocenters. The second kappa shape index (κ2) is 11.4. The van der Waals surface area contributed by atoms with Gasteiger partial charge < -0.3 is 15.0 Å². The van der Waals surface area contributed by atoms with Gasteiger partial charge in [0.2, 0.25) is 10.0 Å². The van der Waals surface area contributed by atoms with Gasteiger partial charge in [0, 0.05) is 37.9 Å². The molecule has 0 bridgehead atoms. The number of ether oxygens (including phenoxy) is 1. The zero-order valence-corrected chi connectivity index (χ0v) is 21.4. The molecule has 1 aliphatic heterocycles. The smallest absolute Gasteiger partial charge is 0.263 e. The van der Waals surface area contributed by atoms with Crippen molar-refractivity contribution in [3.63, 3.8) is 0 Å². The summed E-state index contributed by atoms with van der Waals surface area (Å²) in [6.45, 7) is 9.42. The van der Waals surface area contributed by atoms with Crippen LogP contribution in [0.25, 0.3) is 0 Å².